The lowest BCUT2D eigenvalue weighted by Crippen LogP contribution is -2.31. The average Bonchev–Trinajstić information content (AvgIpc) is 3.18. The fourth-order valence-corrected chi connectivity index (χ4v) is 2.42. The summed E-state index contributed by atoms with van der Waals surface area (Å²) in [5.41, 5.74) is 0.587. The molecule has 0 bridgehead atoms. The van der Waals surface area contributed by atoms with E-state index in [9.17, 15) is 14.4 Å². The van der Waals surface area contributed by atoms with E-state index in [1.807, 2.05) is 0 Å². The van der Waals surface area contributed by atoms with Crippen LogP contribution in [0.4, 0.5) is 10.5 Å². The molecule has 124 valence electrons. The van der Waals surface area contributed by atoms with Gasteiger partial charge in [0.25, 0.3) is 5.91 Å². The van der Waals surface area contributed by atoms with Gasteiger partial charge in [0.2, 0.25) is 5.91 Å². The Labute approximate surface area is 137 Å². The maximum Gasteiger partial charge on any atom is 0.325 e. The Morgan fingerprint density at radius 3 is 2.92 bits per heavy atom. The van der Waals surface area contributed by atoms with E-state index in [0.717, 1.165) is 4.90 Å². The summed E-state index contributed by atoms with van der Waals surface area (Å²) in [6, 6.07) is 5.63. The second kappa shape index (κ2) is 6.95. The molecular weight excluding hydrogens is 312 g/mol. The first-order valence-electron chi connectivity index (χ1n) is 7.47. The summed E-state index contributed by atoms with van der Waals surface area (Å²) in [5.74, 6) is -0.0754. The number of hydrogen-bond donors (Lipinski definition) is 2. The fourth-order valence-electron chi connectivity index (χ4n) is 2.42. The van der Waals surface area contributed by atoms with Crippen molar-refractivity contribution in [1.82, 2.24) is 15.2 Å². The molecule has 1 atom stereocenters. The molecule has 1 saturated heterocycles. The second-order valence-electron chi connectivity index (χ2n) is 5.33. The number of amides is 4. The average molecular weight is 328 g/mol. The quantitative estimate of drug-likeness (QED) is 0.782. The molecule has 2 aromatic rings. The number of nitrogens with zero attached hydrogens (tertiary/aromatic N) is 2. The first kappa shape index (κ1) is 15.7. The van der Waals surface area contributed by atoms with Crippen LogP contribution < -0.4 is 10.6 Å². The van der Waals surface area contributed by atoms with Crippen molar-refractivity contribution < 1.29 is 18.8 Å². The van der Waals surface area contributed by atoms with Gasteiger partial charge in [0, 0.05) is 12.6 Å². The first-order chi connectivity index (χ1) is 11.6. The molecule has 0 aromatic carbocycles. The van der Waals surface area contributed by atoms with Crippen LogP contribution in [-0.4, -0.2) is 33.8 Å². The molecule has 1 aliphatic rings. The summed E-state index contributed by atoms with van der Waals surface area (Å²) in [6.45, 7) is 0.0794. The molecule has 0 aliphatic carbocycles. The molecule has 3 heterocycles. The number of pyridine rings is 1. The van der Waals surface area contributed by atoms with Gasteiger partial charge in [-0.1, -0.05) is 0 Å². The van der Waals surface area contributed by atoms with Gasteiger partial charge in [0.1, 0.15) is 11.8 Å². The van der Waals surface area contributed by atoms with E-state index in [2.05, 4.69) is 15.6 Å². The van der Waals surface area contributed by atoms with Crippen molar-refractivity contribution in [3.05, 3.63) is 48.7 Å². The van der Waals surface area contributed by atoms with Crippen molar-refractivity contribution in [2.45, 2.75) is 25.4 Å². The van der Waals surface area contributed by atoms with Crippen LogP contribution in [0, 0.1) is 0 Å². The van der Waals surface area contributed by atoms with Gasteiger partial charge in [-0.05, 0) is 30.7 Å². The number of anilines is 1. The SMILES string of the molecule is O=C(CC[C@@H]1NC(=O)N(Cc2ccco2)C1=O)Nc1cccnc1. The van der Waals surface area contributed by atoms with Gasteiger partial charge < -0.3 is 15.1 Å². The second-order valence-corrected chi connectivity index (χ2v) is 5.33. The highest BCUT2D eigenvalue weighted by Crippen LogP contribution is 2.15. The Hall–Kier alpha value is -3.16. The molecule has 24 heavy (non-hydrogen) atoms. The fraction of sp³-hybridized carbons (Fsp3) is 0.250. The van der Waals surface area contributed by atoms with E-state index in [0.29, 0.717) is 11.4 Å². The van der Waals surface area contributed by atoms with E-state index in [1.165, 1.54) is 12.5 Å². The van der Waals surface area contributed by atoms with Gasteiger partial charge >= 0.3 is 6.03 Å². The first-order valence-corrected chi connectivity index (χ1v) is 7.47. The molecule has 0 spiro atoms. The van der Waals surface area contributed by atoms with Crippen LogP contribution in [0.5, 0.6) is 0 Å². The zero-order chi connectivity index (χ0) is 16.9. The standard InChI is InChI=1S/C16H16N4O4/c21-14(18-11-3-1-7-17-9-11)6-5-13-15(22)20(16(23)19-13)10-12-4-2-8-24-12/h1-4,7-9,13H,5-6,10H2,(H,18,21)(H,19,23)/t13-/m0/s1. The number of imide groups is 1. The van der Waals surface area contributed by atoms with Gasteiger partial charge in [-0.3, -0.25) is 19.5 Å². The lowest BCUT2D eigenvalue weighted by atomic mass is 10.1. The highest BCUT2D eigenvalue weighted by molar-refractivity contribution is 6.04. The molecular formula is C16H16N4O4. The number of urea groups is 1. The Morgan fingerprint density at radius 2 is 2.21 bits per heavy atom. The third-order valence-electron chi connectivity index (χ3n) is 3.61. The number of nitrogens with one attached hydrogen (secondary N) is 2. The zero-order valence-electron chi connectivity index (χ0n) is 12.8. The van der Waals surface area contributed by atoms with Crippen molar-refractivity contribution in [2.75, 3.05) is 5.32 Å². The lowest BCUT2D eigenvalue weighted by Gasteiger charge is -2.11. The normalized spacial score (nSPS) is 17.0. The summed E-state index contributed by atoms with van der Waals surface area (Å²) in [5, 5.41) is 5.27. The zero-order valence-corrected chi connectivity index (χ0v) is 12.8. The van der Waals surface area contributed by atoms with Crippen LogP contribution >= 0.6 is 0 Å². The topological polar surface area (TPSA) is 105 Å². The molecule has 2 N–H and O–H groups in total. The van der Waals surface area contributed by atoms with E-state index >= 15 is 0 Å². The molecule has 8 heteroatoms. The van der Waals surface area contributed by atoms with Gasteiger partial charge in [0.15, 0.2) is 0 Å². The number of carbonyl (C=O) groups excluding carboxylic acids is 3. The van der Waals surface area contributed by atoms with Gasteiger partial charge in [0.05, 0.1) is 24.7 Å². The molecule has 8 nitrogen and oxygen atoms in total. The van der Waals surface area contributed by atoms with Crippen LogP contribution in [0.3, 0.4) is 0 Å². The Kier molecular flexibility index (Phi) is 4.55. The Balaban J connectivity index is 1.51. The third kappa shape index (κ3) is 3.60. The minimum absolute atomic E-state index is 0.0794. The summed E-state index contributed by atoms with van der Waals surface area (Å²) in [4.78, 5) is 41.1. The molecule has 1 aliphatic heterocycles. The highest BCUT2D eigenvalue weighted by atomic mass is 16.3. The Morgan fingerprint density at radius 1 is 1.33 bits per heavy atom. The van der Waals surface area contributed by atoms with Crippen molar-refractivity contribution >= 4 is 23.5 Å². The monoisotopic (exact) mass is 328 g/mol. The molecule has 0 radical (unpaired) electrons. The number of carbonyl (C=O) groups is 3. The molecule has 3 rings (SSSR count). The predicted molar refractivity (Wildman–Crippen MR) is 83.7 cm³/mol. The maximum absolute atomic E-state index is 12.3. The van der Waals surface area contributed by atoms with E-state index in [4.69, 9.17) is 4.42 Å². The molecule has 0 unspecified atom stereocenters. The summed E-state index contributed by atoms with van der Waals surface area (Å²) >= 11 is 0. The van der Waals surface area contributed by atoms with Gasteiger partial charge in [-0.2, -0.15) is 0 Å². The summed E-state index contributed by atoms with van der Waals surface area (Å²) < 4.78 is 5.15. The molecule has 4 amide bonds. The minimum atomic E-state index is -0.702. The van der Waals surface area contributed by atoms with Crippen LogP contribution in [0.2, 0.25) is 0 Å². The largest absolute Gasteiger partial charge is 0.467 e. The van der Waals surface area contributed by atoms with Gasteiger partial charge in [-0.25, -0.2) is 4.79 Å². The number of aromatic nitrogens is 1. The van der Waals surface area contributed by atoms with Crippen LogP contribution in [-0.2, 0) is 16.1 Å². The predicted octanol–water partition coefficient (Wildman–Crippen LogP) is 1.51. The van der Waals surface area contributed by atoms with E-state index in [-0.39, 0.29) is 31.2 Å². The maximum atomic E-state index is 12.3. The number of hydrogen-bond acceptors (Lipinski definition) is 5. The lowest BCUT2D eigenvalue weighted by molar-refractivity contribution is -0.128. The molecule has 1 fully saturated rings. The summed E-state index contributed by atoms with van der Waals surface area (Å²) in [7, 11) is 0. The van der Waals surface area contributed by atoms with Crippen LogP contribution in [0.15, 0.2) is 47.3 Å². The van der Waals surface area contributed by atoms with Crippen molar-refractivity contribution in [3.8, 4) is 0 Å². The van der Waals surface area contributed by atoms with Crippen LogP contribution in [0.25, 0.3) is 0 Å². The van der Waals surface area contributed by atoms with Crippen molar-refractivity contribution in [3.63, 3.8) is 0 Å². The third-order valence-corrected chi connectivity index (χ3v) is 3.61. The Bertz CT molecular complexity index is 730. The molecule has 0 saturated carbocycles. The van der Waals surface area contributed by atoms with E-state index in [1.54, 1.807) is 30.5 Å². The minimum Gasteiger partial charge on any atom is -0.467 e. The summed E-state index contributed by atoms with van der Waals surface area (Å²) in [6.07, 6.45) is 4.96. The molecule has 2 aromatic heterocycles. The van der Waals surface area contributed by atoms with E-state index < -0.39 is 12.1 Å². The highest BCUT2D eigenvalue weighted by Gasteiger charge is 2.38. The van der Waals surface area contributed by atoms with Crippen molar-refractivity contribution in [1.29, 1.82) is 0 Å². The number of rotatable bonds is 6. The van der Waals surface area contributed by atoms with Gasteiger partial charge in [-0.15, -0.1) is 0 Å². The van der Waals surface area contributed by atoms with Crippen molar-refractivity contribution in [2.24, 2.45) is 0 Å². The number of furan rings is 1. The van der Waals surface area contributed by atoms with Crippen LogP contribution in [0.1, 0.15) is 18.6 Å². The smallest absolute Gasteiger partial charge is 0.325 e.